The number of carbonyl (C=O) groups is 1. The second-order valence-corrected chi connectivity index (χ2v) is 5.51. The Balaban J connectivity index is 1.72. The molecule has 2 rings (SSSR count). The summed E-state index contributed by atoms with van der Waals surface area (Å²) in [7, 11) is 0. The maximum absolute atomic E-state index is 11.8. The van der Waals surface area contributed by atoms with Crippen molar-refractivity contribution in [1.82, 2.24) is 10.2 Å². The fraction of sp³-hybridized carbons (Fsp3) is 0.545. The van der Waals surface area contributed by atoms with Gasteiger partial charge in [-0.15, -0.1) is 0 Å². The summed E-state index contributed by atoms with van der Waals surface area (Å²) in [5.41, 5.74) is 0. The molecule has 1 fully saturated rings. The molecule has 7 heteroatoms. The summed E-state index contributed by atoms with van der Waals surface area (Å²) in [4.78, 5) is 13.6. The number of furan rings is 1. The van der Waals surface area contributed by atoms with Crippen molar-refractivity contribution in [3.8, 4) is 0 Å². The SMILES string of the molecule is O=C(CNCc1cc(Br)c(Br)o1)N1CCOCC1. The van der Waals surface area contributed by atoms with Crippen LogP contribution in [0.5, 0.6) is 0 Å². The van der Waals surface area contributed by atoms with Gasteiger partial charge in [-0.2, -0.15) is 0 Å². The zero-order valence-electron chi connectivity index (χ0n) is 9.75. The van der Waals surface area contributed by atoms with Gasteiger partial charge in [-0.05, 0) is 37.9 Å². The van der Waals surface area contributed by atoms with Crippen LogP contribution in [0.25, 0.3) is 0 Å². The molecule has 5 nitrogen and oxygen atoms in total. The van der Waals surface area contributed by atoms with E-state index in [1.54, 1.807) is 0 Å². The van der Waals surface area contributed by atoms with Gasteiger partial charge < -0.3 is 19.4 Å². The Kier molecular flexibility index (Phi) is 5.23. The Morgan fingerprint density at radius 2 is 2.11 bits per heavy atom. The van der Waals surface area contributed by atoms with Crippen molar-refractivity contribution in [2.75, 3.05) is 32.8 Å². The maximum atomic E-state index is 11.8. The van der Waals surface area contributed by atoms with E-state index in [4.69, 9.17) is 9.15 Å². The summed E-state index contributed by atoms with van der Waals surface area (Å²) in [6.07, 6.45) is 0. The zero-order valence-corrected chi connectivity index (χ0v) is 12.9. The fourth-order valence-electron chi connectivity index (χ4n) is 1.70. The Hall–Kier alpha value is -0.370. The van der Waals surface area contributed by atoms with Crippen molar-refractivity contribution in [2.45, 2.75) is 6.54 Å². The molecule has 1 N–H and O–H groups in total. The third kappa shape index (κ3) is 3.81. The molecular weight excluding hydrogens is 368 g/mol. The van der Waals surface area contributed by atoms with E-state index in [2.05, 4.69) is 37.2 Å². The van der Waals surface area contributed by atoms with E-state index in [0.717, 1.165) is 10.2 Å². The predicted octanol–water partition coefficient (Wildman–Crippen LogP) is 1.75. The lowest BCUT2D eigenvalue weighted by Crippen LogP contribution is -2.44. The van der Waals surface area contributed by atoms with Crippen LogP contribution >= 0.6 is 31.9 Å². The molecule has 1 aromatic rings. The van der Waals surface area contributed by atoms with Crippen LogP contribution in [0, 0.1) is 0 Å². The van der Waals surface area contributed by atoms with E-state index in [9.17, 15) is 4.79 Å². The largest absolute Gasteiger partial charge is 0.452 e. The van der Waals surface area contributed by atoms with Crippen LogP contribution in [-0.4, -0.2) is 43.7 Å². The summed E-state index contributed by atoms with van der Waals surface area (Å²) in [6, 6.07) is 1.87. The molecule has 2 heterocycles. The minimum absolute atomic E-state index is 0.1000. The third-order valence-electron chi connectivity index (χ3n) is 2.64. The van der Waals surface area contributed by atoms with Crippen LogP contribution in [0.15, 0.2) is 19.6 Å². The summed E-state index contributed by atoms with van der Waals surface area (Å²) in [5, 5.41) is 3.07. The van der Waals surface area contributed by atoms with Crippen LogP contribution in [-0.2, 0) is 16.1 Å². The minimum Gasteiger partial charge on any atom is -0.452 e. The highest BCUT2D eigenvalue weighted by Gasteiger charge is 2.16. The maximum Gasteiger partial charge on any atom is 0.236 e. The van der Waals surface area contributed by atoms with E-state index < -0.39 is 0 Å². The lowest BCUT2D eigenvalue weighted by atomic mass is 10.4. The second kappa shape index (κ2) is 6.70. The third-order valence-corrected chi connectivity index (χ3v) is 4.35. The summed E-state index contributed by atoms with van der Waals surface area (Å²) in [6.45, 7) is 3.46. The van der Waals surface area contributed by atoms with Gasteiger partial charge in [-0.1, -0.05) is 0 Å². The molecule has 0 radical (unpaired) electrons. The molecular formula is C11H14Br2N2O3. The molecule has 0 bridgehead atoms. The van der Waals surface area contributed by atoms with Crippen molar-refractivity contribution >= 4 is 37.8 Å². The Morgan fingerprint density at radius 1 is 1.39 bits per heavy atom. The molecule has 1 amide bonds. The number of amides is 1. The van der Waals surface area contributed by atoms with Gasteiger partial charge in [0.15, 0.2) is 4.67 Å². The van der Waals surface area contributed by atoms with Gasteiger partial charge in [-0.25, -0.2) is 0 Å². The smallest absolute Gasteiger partial charge is 0.236 e. The van der Waals surface area contributed by atoms with Gasteiger partial charge in [0, 0.05) is 13.1 Å². The molecule has 1 aliphatic rings. The van der Waals surface area contributed by atoms with Gasteiger partial charge in [-0.3, -0.25) is 4.79 Å². The van der Waals surface area contributed by atoms with Gasteiger partial charge in [0.1, 0.15) is 5.76 Å². The molecule has 0 saturated carbocycles. The molecule has 100 valence electrons. The first-order valence-corrected chi connectivity index (χ1v) is 7.25. The lowest BCUT2D eigenvalue weighted by Gasteiger charge is -2.26. The molecule has 0 aliphatic carbocycles. The monoisotopic (exact) mass is 380 g/mol. The molecule has 0 aromatic carbocycles. The average Bonchev–Trinajstić information content (AvgIpc) is 2.69. The number of nitrogens with zero attached hydrogens (tertiary/aromatic N) is 1. The summed E-state index contributed by atoms with van der Waals surface area (Å²) >= 11 is 6.61. The number of hydrogen-bond donors (Lipinski definition) is 1. The van der Waals surface area contributed by atoms with Crippen LogP contribution in [0.1, 0.15) is 5.76 Å². The Morgan fingerprint density at radius 3 is 2.72 bits per heavy atom. The Labute approximate surface area is 122 Å². The summed E-state index contributed by atoms with van der Waals surface area (Å²) < 4.78 is 12.1. The second-order valence-electron chi connectivity index (χ2n) is 3.93. The molecule has 1 aliphatic heterocycles. The molecule has 0 atom stereocenters. The predicted molar refractivity (Wildman–Crippen MR) is 73.2 cm³/mol. The van der Waals surface area contributed by atoms with Crippen molar-refractivity contribution in [1.29, 1.82) is 0 Å². The van der Waals surface area contributed by atoms with Crippen LogP contribution in [0.3, 0.4) is 0 Å². The number of halogens is 2. The Bertz CT molecular complexity index is 397. The standard InChI is InChI=1S/C11H14Br2N2O3/c12-9-5-8(18-11(9)13)6-14-7-10(16)15-1-3-17-4-2-15/h5,14H,1-4,6-7H2. The highest BCUT2D eigenvalue weighted by molar-refractivity contribution is 9.13. The molecule has 1 saturated heterocycles. The minimum atomic E-state index is 0.1000. The van der Waals surface area contributed by atoms with Gasteiger partial charge in [0.25, 0.3) is 0 Å². The first-order chi connectivity index (χ1) is 8.66. The van der Waals surface area contributed by atoms with Crippen molar-refractivity contribution in [3.63, 3.8) is 0 Å². The van der Waals surface area contributed by atoms with Gasteiger partial charge in [0.05, 0.1) is 30.8 Å². The number of ether oxygens (including phenoxy) is 1. The molecule has 0 spiro atoms. The van der Waals surface area contributed by atoms with Gasteiger partial charge in [0.2, 0.25) is 5.91 Å². The van der Waals surface area contributed by atoms with Crippen LogP contribution in [0.2, 0.25) is 0 Å². The number of nitrogens with one attached hydrogen (secondary N) is 1. The molecule has 1 aromatic heterocycles. The first-order valence-electron chi connectivity index (χ1n) is 5.67. The number of morpholine rings is 1. The van der Waals surface area contributed by atoms with Crippen molar-refractivity contribution in [2.24, 2.45) is 0 Å². The van der Waals surface area contributed by atoms with Crippen LogP contribution in [0.4, 0.5) is 0 Å². The fourth-order valence-corrected chi connectivity index (χ4v) is 2.35. The number of hydrogen-bond acceptors (Lipinski definition) is 4. The number of rotatable bonds is 4. The van der Waals surface area contributed by atoms with E-state index in [0.29, 0.717) is 44.1 Å². The van der Waals surface area contributed by atoms with E-state index in [-0.39, 0.29) is 5.91 Å². The van der Waals surface area contributed by atoms with Crippen molar-refractivity contribution in [3.05, 3.63) is 21.0 Å². The topological polar surface area (TPSA) is 54.7 Å². The lowest BCUT2D eigenvalue weighted by molar-refractivity contribution is -0.134. The number of carbonyl (C=O) groups excluding carboxylic acids is 1. The quantitative estimate of drug-likeness (QED) is 0.863. The van der Waals surface area contributed by atoms with Crippen molar-refractivity contribution < 1.29 is 13.9 Å². The highest BCUT2D eigenvalue weighted by atomic mass is 79.9. The average molecular weight is 382 g/mol. The van der Waals surface area contributed by atoms with E-state index >= 15 is 0 Å². The van der Waals surface area contributed by atoms with E-state index in [1.165, 1.54) is 0 Å². The molecule has 18 heavy (non-hydrogen) atoms. The summed E-state index contributed by atoms with van der Waals surface area (Å²) in [5.74, 6) is 0.881. The zero-order chi connectivity index (χ0) is 13.0. The van der Waals surface area contributed by atoms with Gasteiger partial charge >= 0.3 is 0 Å². The highest BCUT2D eigenvalue weighted by Crippen LogP contribution is 2.26. The molecule has 0 unspecified atom stereocenters. The van der Waals surface area contributed by atoms with E-state index in [1.807, 2.05) is 11.0 Å². The normalized spacial score (nSPS) is 16.0. The van der Waals surface area contributed by atoms with Crippen LogP contribution < -0.4 is 5.32 Å². The first kappa shape index (κ1) is 14.0.